The molecule has 0 radical (unpaired) electrons. The molecule has 0 bridgehead atoms. The number of non-ortho nitro benzene ring substituents is 1. The number of nitrogens with zero attached hydrogens (tertiary/aromatic N) is 2. The van der Waals surface area contributed by atoms with Crippen molar-refractivity contribution < 1.29 is 32.8 Å². The zero-order chi connectivity index (χ0) is 24.2. The van der Waals surface area contributed by atoms with Gasteiger partial charge in [0.05, 0.1) is 16.0 Å². The molecular weight excluding hydrogens is 455 g/mol. The Morgan fingerprint density at radius 2 is 1.88 bits per heavy atom. The van der Waals surface area contributed by atoms with Gasteiger partial charge in [0.1, 0.15) is 0 Å². The van der Waals surface area contributed by atoms with Gasteiger partial charge in [-0.05, 0) is 28.5 Å². The van der Waals surface area contributed by atoms with Crippen LogP contribution in [-0.4, -0.2) is 40.6 Å². The zero-order valence-electron chi connectivity index (χ0n) is 17.2. The summed E-state index contributed by atoms with van der Waals surface area (Å²) in [6.45, 7) is 4.86. The van der Waals surface area contributed by atoms with Crippen LogP contribution < -0.4 is 10.2 Å². The summed E-state index contributed by atoms with van der Waals surface area (Å²) in [7, 11) is 0. The maximum Gasteiger partial charge on any atom is 0.471 e. The highest BCUT2D eigenvalue weighted by Gasteiger charge is 2.56. The first-order chi connectivity index (χ1) is 14.6. The summed E-state index contributed by atoms with van der Waals surface area (Å²) in [5.41, 5.74) is -2.39. The maximum atomic E-state index is 13.4. The summed E-state index contributed by atoms with van der Waals surface area (Å²) in [5.74, 6) is -2.31. The molecule has 12 heteroatoms. The monoisotopic (exact) mass is 473 g/mol. The Hall–Kier alpha value is -3.08. The highest BCUT2D eigenvalue weighted by Crippen LogP contribution is 2.56. The maximum absolute atomic E-state index is 13.4. The lowest BCUT2D eigenvalue weighted by Crippen LogP contribution is -2.49. The fraction of sp³-hybridized carbons (Fsp3) is 0.400. The molecule has 2 N–H and O–H groups in total. The van der Waals surface area contributed by atoms with Gasteiger partial charge in [-0.3, -0.25) is 20.2 Å². The number of carboxylic acid groups (broad SMARTS) is 1. The predicted octanol–water partition coefficient (Wildman–Crippen LogP) is 5.27. The smallest absolute Gasteiger partial charge is 0.465 e. The number of nitrogens with one attached hydrogen (secondary N) is 1. The lowest BCUT2D eigenvalue weighted by Gasteiger charge is -2.41. The Kier molecular flexibility index (Phi) is 5.53. The second-order valence-electron chi connectivity index (χ2n) is 8.59. The van der Waals surface area contributed by atoms with E-state index in [9.17, 15) is 32.9 Å². The van der Waals surface area contributed by atoms with Crippen LogP contribution in [0.1, 0.15) is 26.3 Å². The Morgan fingerprint density at radius 3 is 2.34 bits per heavy atom. The van der Waals surface area contributed by atoms with Crippen molar-refractivity contribution in [3.63, 3.8) is 0 Å². The summed E-state index contributed by atoms with van der Waals surface area (Å²) in [6, 6.07) is 4.89. The quantitative estimate of drug-likeness (QED) is 0.358. The second kappa shape index (κ2) is 7.51. The summed E-state index contributed by atoms with van der Waals surface area (Å²) < 4.78 is 40.1. The van der Waals surface area contributed by atoms with Crippen molar-refractivity contribution in [1.82, 2.24) is 0 Å². The van der Waals surface area contributed by atoms with Crippen LogP contribution in [0.3, 0.4) is 0 Å². The number of nitro benzene ring substituents is 1. The van der Waals surface area contributed by atoms with Crippen molar-refractivity contribution in [3.05, 3.63) is 39.9 Å². The summed E-state index contributed by atoms with van der Waals surface area (Å²) >= 11 is 6.32. The van der Waals surface area contributed by atoms with E-state index in [0.717, 1.165) is 6.07 Å². The van der Waals surface area contributed by atoms with E-state index < -0.39 is 46.2 Å². The van der Waals surface area contributed by atoms with E-state index in [0.29, 0.717) is 4.90 Å². The fourth-order valence-electron chi connectivity index (χ4n) is 4.15. The molecule has 0 saturated carbocycles. The zero-order valence-corrected chi connectivity index (χ0v) is 18.0. The molecule has 3 rings (SSSR count). The van der Waals surface area contributed by atoms with E-state index in [1.54, 1.807) is 20.8 Å². The molecule has 1 unspecified atom stereocenters. The van der Waals surface area contributed by atoms with Gasteiger partial charge in [0.25, 0.3) is 5.69 Å². The Labute approximate surface area is 185 Å². The van der Waals surface area contributed by atoms with Crippen LogP contribution in [0.2, 0.25) is 0 Å². The van der Waals surface area contributed by atoms with Crippen LogP contribution in [0.4, 0.5) is 35.0 Å². The van der Waals surface area contributed by atoms with Crippen molar-refractivity contribution in [3.8, 4) is 0 Å². The minimum Gasteiger partial charge on any atom is -0.465 e. The van der Waals surface area contributed by atoms with Gasteiger partial charge in [0.15, 0.2) is 0 Å². The first kappa shape index (κ1) is 23.6. The van der Waals surface area contributed by atoms with Gasteiger partial charge in [0.2, 0.25) is 0 Å². The van der Waals surface area contributed by atoms with E-state index in [1.807, 2.05) is 0 Å². The number of nitro groups is 1. The summed E-state index contributed by atoms with van der Waals surface area (Å²) in [6.07, 6.45) is -6.59. The van der Waals surface area contributed by atoms with E-state index >= 15 is 0 Å². The number of fused-ring (bicyclic) bond motifs is 3. The minimum atomic E-state index is -5.20. The average Bonchev–Trinajstić information content (AvgIpc) is 3.00. The molecule has 172 valence electrons. The number of halogens is 4. The van der Waals surface area contributed by atoms with Crippen LogP contribution in [0.25, 0.3) is 10.8 Å². The van der Waals surface area contributed by atoms with Crippen LogP contribution in [0.15, 0.2) is 24.3 Å². The van der Waals surface area contributed by atoms with E-state index in [-0.39, 0.29) is 33.6 Å². The third-order valence-electron chi connectivity index (χ3n) is 5.89. The molecule has 2 aromatic carbocycles. The Balaban J connectivity index is 2.46. The number of benzene rings is 2. The first-order valence-corrected chi connectivity index (χ1v) is 9.88. The van der Waals surface area contributed by atoms with Crippen molar-refractivity contribution in [2.45, 2.75) is 32.4 Å². The van der Waals surface area contributed by atoms with Gasteiger partial charge in [0, 0.05) is 29.6 Å². The van der Waals surface area contributed by atoms with Gasteiger partial charge in [-0.25, -0.2) is 4.79 Å². The molecular formula is C20H19ClF3N3O5. The molecule has 0 aliphatic carbocycles. The van der Waals surface area contributed by atoms with Gasteiger partial charge in [-0.2, -0.15) is 13.2 Å². The molecule has 8 nitrogen and oxygen atoms in total. The molecule has 1 atom stereocenters. The predicted molar refractivity (Wildman–Crippen MR) is 113 cm³/mol. The Morgan fingerprint density at radius 1 is 1.25 bits per heavy atom. The number of carbonyl (C=O) groups excluding carboxylic acids is 1. The molecule has 1 aliphatic heterocycles. The normalized spacial score (nSPS) is 18.5. The number of hydrogen-bond donors (Lipinski definition) is 2. The number of alkyl halides is 4. The number of carbonyl (C=O) groups is 2. The topological polar surface area (TPSA) is 113 Å². The molecule has 1 aliphatic rings. The van der Waals surface area contributed by atoms with Gasteiger partial charge < -0.3 is 10.0 Å². The first-order valence-electron chi connectivity index (χ1n) is 9.34. The van der Waals surface area contributed by atoms with Gasteiger partial charge in [-0.15, -0.1) is 11.6 Å². The summed E-state index contributed by atoms with van der Waals surface area (Å²) in [5, 5.41) is 23.1. The van der Waals surface area contributed by atoms with Crippen LogP contribution in [-0.2, 0) is 10.2 Å². The SMILES string of the molecule is CC(C)(C)C1(CCl)CN(C(=O)C(F)(F)F)c2cc([N+](=O)[O-])c3cc(NC(=O)O)ccc3c21. The summed E-state index contributed by atoms with van der Waals surface area (Å²) in [4.78, 5) is 34.7. The second-order valence-corrected chi connectivity index (χ2v) is 8.86. The lowest BCUT2D eigenvalue weighted by molar-refractivity contribution is -0.383. The molecule has 0 fully saturated rings. The van der Waals surface area contributed by atoms with Crippen molar-refractivity contribution >= 4 is 51.4 Å². The van der Waals surface area contributed by atoms with Crippen molar-refractivity contribution in [1.29, 1.82) is 0 Å². The third kappa shape index (κ3) is 3.60. The minimum absolute atomic E-state index is 0.0139. The van der Waals surface area contributed by atoms with Crippen LogP contribution in [0, 0.1) is 15.5 Å². The molecule has 0 saturated heterocycles. The highest BCUT2D eigenvalue weighted by molar-refractivity contribution is 6.20. The molecule has 1 heterocycles. The average molecular weight is 474 g/mol. The van der Waals surface area contributed by atoms with Crippen LogP contribution in [0.5, 0.6) is 0 Å². The number of anilines is 2. The molecule has 2 amide bonds. The molecule has 2 aromatic rings. The highest BCUT2D eigenvalue weighted by atomic mass is 35.5. The Bertz CT molecular complexity index is 1150. The lowest BCUT2D eigenvalue weighted by atomic mass is 9.64. The molecule has 32 heavy (non-hydrogen) atoms. The number of hydrogen-bond acceptors (Lipinski definition) is 4. The standard InChI is InChI=1S/C20H19ClF3N3O5/c1-18(2,3)19(8-21)9-26(16(28)20(22,23)24)14-7-13(27(31)32)12-6-10(25-17(29)30)4-5-11(12)15(14)19/h4-7,25H,8-9H2,1-3H3,(H,29,30). The number of rotatable bonds is 3. The van der Waals surface area contributed by atoms with E-state index in [2.05, 4.69) is 5.32 Å². The molecule has 0 aromatic heterocycles. The molecule has 0 spiro atoms. The van der Waals surface area contributed by atoms with E-state index in [4.69, 9.17) is 16.7 Å². The number of amides is 2. The van der Waals surface area contributed by atoms with Crippen molar-refractivity contribution in [2.24, 2.45) is 5.41 Å². The largest absolute Gasteiger partial charge is 0.471 e. The fourth-order valence-corrected chi connectivity index (χ4v) is 4.77. The van der Waals surface area contributed by atoms with Gasteiger partial charge in [-0.1, -0.05) is 26.8 Å². The van der Waals surface area contributed by atoms with E-state index in [1.165, 1.54) is 18.2 Å². The van der Waals surface area contributed by atoms with Gasteiger partial charge >= 0.3 is 18.2 Å². The third-order valence-corrected chi connectivity index (χ3v) is 6.35. The van der Waals surface area contributed by atoms with Crippen molar-refractivity contribution in [2.75, 3.05) is 22.6 Å². The van der Waals surface area contributed by atoms with Crippen LogP contribution >= 0.6 is 11.6 Å².